The summed E-state index contributed by atoms with van der Waals surface area (Å²) in [6, 6.07) is 0. The molecular weight excluding hydrogens is 318 g/mol. The SMILES string of the molecule is CCCCCCC/C=C\C1C[C@H](C)[C@H](OCCC)[C@@H](OC(=O)CN)O1. The Labute approximate surface area is 153 Å². The van der Waals surface area contributed by atoms with Gasteiger partial charge in [-0.2, -0.15) is 0 Å². The van der Waals surface area contributed by atoms with Gasteiger partial charge in [0.2, 0.25) is 6.29 Å². The Morgan fingerprint density at radius 2 is 1.96 bits per heavy atom. The monoisotopic (exact) mass is 355 g/mol. The molecule has 0 bridgehead atoms. The molecule has 2 N–H and O–H groups in total. The zero-order valence-corrected chi connectivity index (χ0v) is 16.2. The summed E-state index contributed by atoms with van der Waals surface area (Å²) in [5.74, 6) is -0.196. The summed E-state index contributed by atoms with van der Waals surface area (Å²) in [5, 5.41) is 0. The summed E-state index contributed by atoms with van der Waals surface area (Å²) >= 11 is 0. The minimum atomic E-state index is -0.675. The number of nitrogens with two attached hydrogens (primary N) is 1. The van der Waals surface area contributed by atoms with Gasteiger partial charge < -0.3 is 19.9 Å². The van der Waals surface area contributed by atoms with Gasteiger partial charge in [0.05, 0.1) is 12.6 Å². The van der Waals surface area contributed by atoms with Crippen LogP contribution in [0.3, 0.4) is 0 Å². The van der Waals surface area contributed by atoms with E-state index in [1.807, 2.05) is 0 Å². The van der Waals surface area contributed by atoms with E-state index in [1.54, 1.807) is 0 Å². The molecule has 0 radical (unpaired) electrons. The van der Waals surface area contributed by atoms with Crippen LogP contribution in [0.5, 0.6) is 0 Å². The van der Waals surface area contributed by atoms with Crippen molar-refractivity contribution in [3.63, 3.8) is 0 Å². The van der Waals surface area contributed by atoms with Crippen molar-refractivity contribution in [2.45, 2.75) is 90.6 Å². The Kier molecular flexibility index (Phi) is 11.8. The van der Waals surface area contributed by atoms with E-state index in [4.69, 9.17) is 19.9 Å². The molecule has 0 spiro atoms. The number of carbonyl (C=O) groups is 1. The maximum atomic E-state index is 11.6. The average molecular weight is 356 g/mol. The molecule has 25 heavy (non-hydrogen) atoms. The van der Waals surface area contributed by atoms with Crippen LogP contribution < -0.4 is 5.73 Å². The molecule has 1 fully saturated rings. The van der Waals surface area contributed by atoms with Gasteiger partial charge in [-0.3, -0.25) is 4.79 Å². The lowest BCUT2D eigenvalue weighted by Crippen LogP contribution is -2.48. The molecule has 5 heteroatoms. The van der Waals surface area contributed by atoms with Crippen molar-refractivity contribution < 1.29 is 19.0 Å². The van der Waals surface area contributed by atoms with Crippen molar-refractivity contribution in [1.82, 2.24) is 0 Å². The first-order chi connectivity index (χ1) is 12.1. The van der Waals surface area contributed by atoms with E-state index >= 15 is 0 Å². The van der Waals surface area contributed by atoms with Gasteiger partial charge in [0.15, 0.2) is 0 Å². The summed E-state index contributed by atoms with van der Waals surface area (Å²) in [7, 11) is 0. The Hall–Kier alpha value is -0.910. The van der Waals surface area contributed by atoms with Crippen LogP contribution in [-0.2, 0) is 19.0 Å². The molecule has 0 aromatic carbocycles. The van der Waals surface area contributed by atoms with E-state index in [-0.39, 0.29) is 24.7 Å². The Balaban J connectivity index is 2.49. The highest BCUT2D eigenvalue weighted by Gasteiger charge is 2.38. The van der Waals surface area contributed by atoms with Crippen molar-refractivity contribution in [3.05, 3.63) is 12.2 Å². The van der Waals surface area contributed by atoms with E-state index in [2.05, 4.69) is 32.9 Å². The topological polar surface area (TPSA) is 70.8 Å². The minimum absolute atomic E-state index is 0.0392. The van der Waals surface area contributed by atoms with Crippen LogP contribution in [0, 0.1) is 5.92 Å². The highest BCUT2D eigenvalue weighted by atomic mass is 16.7. The predicted octanol–water partition coefficient (Wildman–Crippen LogP) is 3.95. The first-order valence-electron chi connectivity index (χ1n) is 9.95. The summed E-state index contributed by atoms with van der Waals surface area (Å²) in [5.41, 5.74) is 5.37. The fraction of sp³-hybridized carbons (Fsp3) is 0.850. The largest absolute Gasteiger partial charge is 0.432 e. The average Bonchev–Trinajstić information content (AvgIpc) is 2.60. The lowest BCUT2D eigenvalue weighted by molar-refractivity contribution is -0.249. The molecule has 1 rings (SSSR count). The summed E-state index contributed by atoms with van der Waals surface area (Å²) in [6.07, 6.45) is 12.6. The zero-order chi connectivity index (χ0) is 18.5. The summed E-state index contributed by atoms with van der Waals surface area (Å²) in [6.45, 7) is 6.90. The molecule has 5 nitrogen and oxygen atoms in total. The number of esters is 1. The number of carbonyl (C=O) groups excluding carboxylic acids is 1. The normalized spacial score (nSPS) is 26.9. The highest BCUT2D eigenvalue weighted by Crippen LogP contribution is 2.29. The van der Waals surface area contributed by atoms with Crippen LogP contribution in [0.15, 0.2) is 12.2 Å². The number of unbranched alkanes of at least 4 members (excludes halogenated alkanes) is 5. The van der Waals surface area contributed by atoms with Gasteiger partial charge in [-0.15, -0.1) is 0 Å². The van der Waals surface area contributed by atoms with Gasteiger partial charge in [0, 0.05) is 6.61 Å². The van der Waals surface area contributed by atoms with Crippen LogP contribution in [-0.4, -0.2) is 37.6 Å². The standard InChI is InChI=1S/C20H37NO4/c1-4-6-7-8-9-10-11-12-17-14-16(3)19(23-13-5-2)20(24-17)25-18(22)15-21/h11-12,16-17,19-20H,4-10,13-15,21H2,1-3H3/b12-11-/t16-,17?,19-,20+/m0/s1. The first-order valence-corrected chi connectivity index (χ1v) is 9.95. The van der Waals surface area contributed by atoms with Crippen LogP contribution >= 0.6 is 0 Å². The minimum Gasteiger partial charge on any atom is -0.432 e. The van der Waals surface area contributed by atoms with Crippen molar-refractivity contribution in [3.8, 4) is 0 Å². The second-order valence-electron chi connectivity index (χ2n) is 6.92. The van der Waals surface area contributed by atoms with E-state index in [1.165, 1.54) is 32.1 Å². The number of hydrogen-bond donors (Lipinski definition) is 1. The Morgan fingerprint density at radius 1 is 1.20 bits per heavy atom. The zero-order valence-electron chi connectivity index (χ0n) is 16.2. The number of rotatable bonds is 12. The fourth-order valence-corrected chi connectivity index (χ4v) is 3.08. The van der Waals surface area contributed by atoms with Crippen LogP contribution in [0.2, 0.25) is 0 Å². The van der Waals surface area contributed by atoms with Gasteiger partial charge in [-0.25, -0.2) is 0 Å². The summed E-state index contributed by atoms with van der Waals surface area (Å²) in [4.78, 5) is 11.6. The third-order valence-electron chi connectivity index (χ3n) is 4.50. The molecular formula is C20H37NO4. The van der Waals surface area contributed by atoms with Crippen molar-refractivity contribution in [2.24, 2.45) is 11.7 Å². The van der Waals surface area contributed by atoms with E-state index in [0.717, 1.165) is 19.3 Å². The van der Waals surface area contributed by atoms with Crippen LogP contribution in [0.1, 0.15) is 72.1 Å². The third kappa shape index (κ3) is 8.84. The molecule has 1 aliphatic heterocycles. The number of hydrogen-bond acceptors (Lipinski definition) is 5. The van der Waals surface area contributed by atoms with Gasteiger partial charge >= 0.3 is 5.97 Å². The highest BCUT2D eigenvalue weighted by molar-refractivity contribution is 5.71. The van der Waals surface area contributed by atoms with Crippen molar-refractivity contribution in [1.29, 1.82) is 0 Å². The second kappa shape index (κ2) is 13.3. The third-order valence-corrected chi connectivity index (χ3v) is 4.50. The Morgan fingerprint density at radius 3 is 2.64 bits per heavy atom. The quantitative estimate of drug-likeness (QED) is 0.326. The van der Waals surface area contributed by atoms with E-state index in [9.17, 15) is 4.79 Å². The van der Waals surface area contributed by atoms with E-state index < -0.39 is 12.3 Å². The first kappa shape index (κ1) is 22.1. The molecule has 1 heterocycles. The van der Waals surface area contributed by atoms with Crippen LogP contribution in [0.25, 0.3) is 0 Å². The molecule has 0 aromatic rings. The van der Waals surface area contributed by atoms with Gasteiger partial charge in [-0.1, -0.05) is 58.6 Å². The smallest absolute Gasteiger partial charge is 0.322 e. The van der Waals surface area contributed by atoms with Gasteiger partial charge in [0.25, 0.3) is 0 Å². The molecule has 1 unspecified atom stereocenters. The van der Waals surface area contributed by atoms with Gasteiger partial charge in [0.1, 0.15) is 6.10 Å². The van der Waals surface area contributed by atoms with E-state index in [0.29, 0.717) is 6.61 Å². The van der Waals surface area contributed by atoms with Crippen LogP contribution in [0.4, 0.5) is 0 Å². The number of allylic oxidation sites excluding steroid dienone is 1. The molecule has 0 saturated carbocycles. The maximum Gasteiger partial charge on any atom is 0.322 e. The molecule has 0 aliphatic carbocycles. The van der Waals surface area contributed by atoms with Crippen molar-refractivity contribution >= 4 is 5.97 Å². The summed E-state index contributed by atoms with van der Waals surface area (Å²) < 4.78 is 17.2. The maximum absolute atomic E-state index is 11.6. The predicted molar refractivity (Wildman–Crippen MR) is 100 cm³/mol. The Bertz CT molecular complexity index is 386. The molecule has 1 saturated heterocycles. The molecule has 146 valence electrons. The van der Waals surface area contributed by atoms with Crippen molar-refractivity contribution in [2.75, 3.05) is 13.2 Å². The molecule has 0 amide bonds. The lowest BCUT2D eigenvalue weighted by atomic mass is 9.93. The lowest BCUT2D eigenvalue weighted by Gasteiger charge is -2.38. The molecule has 1 aliphatic rings. The number of ether oxygens (including phenoxy) is 3. The van der Waals surface area contributed by atoms with Gasteiger partial charge in [-0.05, 0) is 31.6 Å². The fourth-order valence-electron chi connectivity index (χ4n) is 3.08. The molecule has 0 aromatic heterocycles. The second-order valence-corrected chi connectivity index (χ2v) is 6.92. The molecule has 4 atom stereocenters.